The molecule has 1 aromatic carbocycles. The average molecular weight is 681 g/mol. The van der Waals surface area contributed by atoms with E-state index in [9.17, 15) is 4.39 Å². The minimum absolute atomic E-state index is 0.274. The molecule has 0 radical (unpaired) electrons. The summed E-state index contributed by atoms with van der Waals surface area (Å²) in [7, 11) is 4.06. The van der Waals surface area contributed by atoms with Crippen molar-refractivity contribution in [3.63, 3.8) is 0 Å². The van der Waals surface area contributed by atoms with Gasteiger partial charge in [-0.1, -0.05) is 40.9 Å². The number of aryl methyl sites for hydroxylation is 1. The first-order chi connectivity index (χ1) is 23.9. The monoisotopic (exact) mass is 680 g/mol. The van der Waals surface area contributed by atoms with Gasteiger partial charge in [0.2, 0.25) is 0 Å². The molecule has 0 bridgehead atoms. The SMILES string of the molecule is C=C(Nc1ccnc(-c2cc(F)cc(CCCN(C)C)c2)c1C)C(=C)c1cc(-c2cncc(N)c2)ncc1N.CC.CC(C)C1CCNCC1. The molecule has 268 valence electrons. The molecule has 1 aliphatic rings. The Morgan fingerprint density at radius 2 is 1.72 bits per heavy atom. The van der Waals surface area contributed by atoms with Gasteiger partial charge in [-0.2, -0.15) is 0 Å². The molecular formula is C41H57FN8. The van der Waals surface area contributed by atoms with Crippen molar-refractivity contribution < 1.29 is 4.39 Å². The number of nitrogens with zero attached hydrogens (tertiary/aromatic N) is 4. The molecule has 0 amide bonds. The number of piperidine rings is 1. The number of halogens is 1. The number of rotatable bonds is 11. The summed E-state index contributed by atoms with van der Waals surface area (Å²) in [6.45, 7) is 22.5. The van der Waals surface area contributed by atoms with Crippen LogP contribution in [0.2, 0.25) is 0 Å². The van der Waals surface area contributed by atoms with Crippen LogP contribution < -0.4 is 22.1 Å². The fourth-order valence-corrected chi connectivity index (χ4v) is 5.89. The van der Waals surface area contributed by atoms with Gasteiger partial charge in [-0.25, -0.2) is 4.39 Å². The predicted octanol–water partition coefficient (Wildman–Crippen LogP) is 8.62. The molecule has 0 unspecified atom stereocenters. The van der Waals surface area contributed by atoms with E-state index in [-0.39, 0.29) is 5.82 Å². The fourth-order valence-electron chi connectivity index (χ4n) is 5.89. The number of benzene rings is 1. The van der Waals surface area contributed by atoms with Gasteiger partial charge in [0.05, 0.1) is 29.0 Å². The number of nitrogens with two attached hydrogens (primary N) is 2. The number of hydrogen-bond acceptors (Lipinski definition) is 8. The topological polar surface area (TPSA) is 118 Å². The molecule has 6 N–H and O–H groups in total. The predicted molar refractivity (Wildman–Crippen MR) is 211 cm³/mol. The Kier molecular flexibility index (Phi) is 15.6. The quantitative estimate of drug-likeness (QED) is 0.116. The lowest BCUT2D eigenvalue weighted by Crippen LogP contribution is -2.29. The second kappa shape index (κ2) is 19.6. The van der Waals surface area contributed by atoms with Crippen LogP contribution in [-0.4, -0.2) is 53.6 Å². The van der Waals surface area contributed by atoms with Crippen molar-refractivity contribution in [1.82, 2.24) is 25.2 Å². The van der Waals surface area contributed by atoms with Gasteiger partial charge in [-0.05, 0) is 131 Å². The van der Waals surface area contributed by atoms with E-state index in [1.165, 1.54) is 32.0 Å². The van der Waals surface area contributed by atoms with Gasteiger partial charge in [0, 0.05) is 46.7 Å². The molecule has 1 saturated heterocycles. The molecule has 0 aliphatic carbocycles. The Bertz CT molecular complexity index is 1710. The molecular weight excluding hydrogens is 624 g/mol. The lowest BCUT2D eigenvalue weighted by atomic mass is 9.87. The van der Waals surface area contributed by atoms with E-state index in [1.807, 2.05) is 53.1 Å². The van der Waals surface area contributed by atoms with Gasteiger partial charge in [-0.15, -0.1) is 0 Å². The van der Waals surface area contributed by atoms with Gasteiger partial charge in [0.25, 0.3) is 0 Å². The molecule has 3 aromatic heterocycles. The highest BCUT2D eigenvalue weighted by Crippen LogP contribution is 2.33. The van der Waals surface area contributed by atoms with Crippen LogP contribution in [0.4, 0.5) is 21.5 Å². The van der Waals surface area contributed by atoms with Crippen LogP contribution in [0, 0.1) is 24.6 Å². The van der Waals surface area contributed by atoms with E-state index in [2.05, 4.69) is 57.5 Å². The van der Waals surface area contributed by atoms with Crippen molar-refractivity contribution in [2.45, 2.75) is 60.3 Å². The van der Waals surface area contributed by atoms with Crippen molar-refractivity contribution in [1.29, 1.82) is 0 Å². The van der Waals surface area contributed by atoms with E-state index in [0.717, 1.165) is 59.2 Å². The average Bonchev–Trinajstić information content (AvgIpc) is 3.10. The molecule has 4 heterocycles. The van der Waals surface area contributed by atoms with Crippen LogP contribution in [0.3, 0.4) is 0 Å². The Balaban J connectivity index is 0.000000528. The number of aromatic nitrogens is 3. The third-order valence-electron chi connectivity index (χ3n) is 8.80. The fraction of sp³-hybridized carbons (Fsp3) is 0.390. The molecule has 4 aromatic rings. The van der Waals surface area contributed by atoms with Crippen LogP contribution in [0.5, 0.6) is 0 Å². The van der Waals surface area contributed by atoms with E-state index in [1.54, 1.807) is 36.9 Å². The molecule has 8 nitrogen and oxygen atoms in total. The van der Waals surface area contributed by atoms with Gasteiger partial charge in [0.15, 0.2) is 0 Å². The summed E-state index contributed by atoms with van der Waals surface area (Å²) in [6, 6.07) is 10.6. The van der Waals surface area contributed by atoms with Gasteiger partial charge in [0.1, 0.15) is 5.82 Å². The van der Waals surface area contributed by atoms with Crippen LogP contribution in [0.25, 0.3) is 28.1 Å². The van der Waals surface area contributed by atoms with Crippen molar-refractivity contribution in [3.8, 4) is 22.5 Å². The molecule has 1 aliphatic heterocycles. The van der Waals surface area contributed by atoms with E-state index in [4.69, 9.17) is 11.5 Å². The van der Waals surface area contributed by atoms with E-state index >= 15 is 0 Å². The third kappa shape index (κ3) is 11.5. The highest BCUT2D eigenvalue weighted by atomic mass is 19.1. The molecule has 5 rings (SSSR count). The Morgan fingerprint density at radius 1 is 1.00 bits per heavy atom. The minimum Gasteiger partial charge on any atom is -0.397 e. The number of pyridine rings is 3. The summed E-state index contributed by atoms with van der Waals surface area (Å²) >= 11 is 0. The standard InChI is InChI=1S/C31H34FN7.C8H17N.C2H6/c1-19(27-15-30(37-18-28(27)34)24-14-26(33)17-35-16-24)21(3)38-29-8-9-36-31(20(29)2)23-11-22(12-25(32)13-23)7-6-10-39(4)5;1-7(2)8-3-5-9-6-4-8;1-2/h8-9,11-18H,1,3,6-7,10,33-34H2,2,4-5H3,(H,36,38);7-9H,3-6H2,1-2H3;1-2H3. The summed E-state index contributed by atoms with van der Waals surface area (Å²) < 4.78 is 14.5. The lowest BCUT2D eigenvalue weighted by molar-refractivity contribution is 0.292. The first-order valence-corrected chi connectivity index (χ1v) is 17.7. The van der Waals surface area contributed by atoms with Crippen LogP contribution >= 0.6 is 0 Å². The van der Waals surface area contributed by atoms with E-state index in [0.29, 0.717) is 39.6 Å². The Hall–Kier alpha value is -4.60. The number of allylic oxidation sites excluding steroid dienone is 1. The molecule has 9 heteroatoms. The van der Waals surface area contributed by atoms with E-state index < -0.39 is 0 Å². The minimum atomic E-state index is -0.274. The lowest BCUT2D eigenvalue weighted by Gasteiger charge is -2.25. The first-order valence-electron chi connectivity index (χ1n) is 17.7. The Labute approximate surface area is 299 Å². The van der Waals surface area contributed by atoms with Crippen molar-refractivity contribution in [2.75, 3.05) is 50.5 Å². The molecule has 0 spiro atoms. The largest absolute Gasteiger partial charge is 0.397 e. The molecule has 50 heavy (non-hydrogen) atoms. The summed E-state index contributed by atoms with van der Waals surface area (Å²) in [5, 5.41) is 6.72. The zero-order valence-electron chi connectivity index (χ0n) is 31.1. The van der Waals surface area contributed by atoms with Gasteiger partial charge < -0.3 is 27.0 Å². The molecule has 0 atom stereocenters. The number of nitrogens with one attached hydrogen (secondary N) is 2. The maximum atomic E-state index is 14.5. The van der Waals surface area contributed by atoms with Gasteiger partial charge >= 0.3 is 0 Å². The highest BCUT2D eigenvalue weighted by molar-refractivity contribution is 5.87. The number of hydrogen-bond donors (Lipinski definition) is 4. The van der Waals surface area contributed by atoms with Crippen LogP contribution in [0.1, 0.15) is 63.6 Å². The molecule has 0 saturated carbocycles. The zero-order valence-corrected chi connectivity index (χ0v) is 31.1. The van der Waals surface area contributed by atoms with Crippen molar-refractivity contribution in [3.05, 3.63) is 103 Å². The first kappa shape index (κ1) is 39.8. The van der Waals surface area contributed by atoms with Crippen molar-refractivity contribution >= 4 is 22.6 Å². The Morgan fingerprint density at radius 3 is 2.36 bits per heavy atom. The third-order valence-corrected chi connectivity index (χ3v) is 8.80. The zero-order chi connectivity index (χ0) is 36.8. The summed E-state index contributed by atoms with van der Waals surface area (Å²) in [5.74, 6) is 1.61. The van der Waals surface area contributed by atoms with Crippen LogP contribution in [0.15, 0.2) is 80.0 Å². The summed E-state index contributed by atoms with van der Waals surface area (Å²) in [5.41, 5.74) is 20.5. The number of nitrogen functional groups attached to an aromatic ring is 2. The van der Waals surface area contributed by atoms with Crippen molar-refractivity contribution in [2.24, 2.45) is 11.8 Å². The molecule has 1 fully saturated rings. The maximum absolute atomic E-state index is 14.5. The second-order valence-electron chi connectivity index (χ2n) is 13.2. The summed E-state index contributed by atoms with van der Waals surface area (Å²) in [4.78, 5) is 15.3. The second-order valence-corrected chi connectivity index (χ2v) is 13.2. The number of anilines is 3. The highest BCUT2D eigenvalue weighted by Gasteiger charge is 2.16. The maximum Gasteiger partial charge on any atom is 0.124 e. The smallest absolute Gasteiger partial charge is 0.124 e. The van der Waals surface area contributed by atoms with Gasteiger partial charge in [-0.3, -0.25) is 15.0 Å². The van der Waals surface area contributed by atoms with Crippen LogP contribution in [-0.2, 0) is 6.42 Å². The normalized spacial score (nSPS) is 12.8. The summed E-state index contributed by atoms with van der Waals surface area (Å²) in [6.07, 6.45) is 11.1.